The molecule has 1 unspecified atom stereocenters. The lowest BCUT2D eigenvalue weighted by atomic mass is 10.1. The predicted molar refractivity (Wildman–Crippen MR) is 78.9 cm³/mol. The standard InChI is InChI=1S/C13H15BrN2OS/c1-8-6-11(18-13(8)14)12(16-15)9-4-3-5-10(7-9)17-2/h3-7,12,16H,15H2,1-2H3. The van der Waals surface area contributed by atoms with E-state index in [1.807, 2.05) is 24.3 Å². The second kappa shape index (κ2) is 5.84. The molecule has 0 bridgehead atoms. The number of benzene rings is 1. The average molecular weight is 327 g/mol. The van der Waals surface area contributed by atoms with Crippen LogP contribution < -0.4 is 16.0 Å². The summed E-state index contributed by atoms with van der Waals surface area (Å²) in [6.07, 6.45) is 0. The van der Waals surface area contributed by atoms with Crippen LogP contribution in [0.3, 0.4) is 0 Å². The minimum Gasteiger partial charge on any atom is -0.497 e. The van der Waals surface area contributed by atoms with E-state index in [9.17, 15) is 0 Å². The van der Waals surface area contributed by atoms with Gasteiger partial charge in [0.1, 0.15) is 5.75 Å². The number of thiophene rings is 1. The molecule has 1 heterocycles. The molecule has 0 amide bonds. The van der Waals surface area contributed by atoms with Crippen LogP contribution in [-0.4, -0.2) is 7.11 Å². The molecule has 2 aromatic rings. The molecule has 96 valence electrons. The second-order valence-electron chi connectivity index (χ2n) is 3.98. The molecule has 1 atom stereocenters. The van der Waals surface area contributed by atoms with E-state index < -0.39 is 0 Å². The highest BCUT2D eigenvalue weighted by Crippen LogP contribution is 2.34. The predicted octanol–water partition coefficient (Wildman–Crippen LogP) is 3.38. The highest BCUT2D eigenvalue weighted by Gasteiger charge is 2.16. The van der Waals surface area contributed by atoms with E-state index >= 15 is 0 Å². The van der Waals surface area contributed by atoms with Gasteiger partial charge in [0.05, 0.1) is 16.9 Å². The van der Waals surface area contributed by atoms with Gasteiger partial charge in [0, 0.05) is 4.88 Å². The number of rotatable bonds is 4. The Balaban J connectivity index is 2.38. The number of hydrogen-bond acceptors (Lipinski definition) is 4. The van der Waals surface area contributed by atoms with Crippen molar-refractivity contribution in [3.63, 3.8) is 0 Å². The van der Waals surface area contributed by atoms with Gasteiger partial charge in [-0.2, -0.15) is 0 Å². The molecule has 0 saturated heterocycles. The highest BCUT2D eigenvalue weighted by molar-refractivity contribution is 9.11. The molecule has 0 aliphatic carbocycles. The zero-order valence-corrected chi connectivity index (χ0v) is 12.6. The summed E-state index contributed by atoms with van der Waals surface area (Å²) in [5.74, 6) is 6.52. The van der Waals surface area contributed by atoms with Crippen LogP contribution in [0.4, 0.5) is 0 Å². The van der Waals surface area contributed by atoms with E-state index in [4.69, 9.17) is 10.6 Å². The average Bonchev–Trinajstić information content (AvgIpc) is 2.70. The van der Waals surface area contributed by atoms with Gasteiger partial charge in [-0.3, -0.25) is 5.84 Å². The maximum Gasteiger partial charge on any atom is 0.119 e. The zero-order chi connectivity index (χ0) is 13.1. The van der Waals surface area contributed by atoms with E-state index in [2.05, 4.69) is 34.3 Å². The van der Waals surface area contributed by atoms with Crippen molar-refractivity contribution in [3.05, 3.63) is 50.1 Å². The van der Waals surface area contributed by atoms with Crippen molar-refractivity contribution in [1.29, 1.82) is 0 Å². The summed E-state index contributed by atoms with van der Waals surface area (Å²) < 4.78 is 6.38. The van der Waals surface area contributed by atoms with Gasteiger partial charge in [-0.1, -0.05) is 12.1 Å². The van der Waals surface area contributed by atoms with Crippen LogP contribution in [0, 0.1) is 6.92 Å². The molecule has 1 aromatic heterocycles. The van der Waals surface area contributed by atoms with Crippen molar-refractivity contribution in [3.8, 4) is 5.75 Å². The minimum absolute atomic E-state index is 0.0184. The van der Waals surface area contributed by atoms with Crippen molar-refractivity contribution in [2.45, 2.75) is 13.0 Å². The number of nitrogens with two attached hydrogens (primary N) is 1. The number of ether oxygens (including phenoxy) is 1. The number of aryl methyl sites for hydroxylation is 1. The summed E-state index contributed by atoms with van der Waals surface area (Å²) in [7, 11) is 1.66. The molecule has 0 spiro atoms. The van der Waals surface area contributed by atoms with Gasteiger partial charge >= 0.3 is 0 Å². The Morgan fingerprint density at radius 2 is 2.17 bits per heavy atom. The molecule has 0 aliphatic rings. The summed E-state index contributed by atoms with van der Waals surface area (Å²) in [6, 6.07) is 10.0. The third kappa shape index (κ3) is 2.75. The first-order valence-electron chi connectivity index (χ1n) is 5.51. The molecule has 1 aromatic carbocycles. The Labute approximate surface area is 119 Å². The summed E-state index contributed by atoms with van der Waals surface area (Å²) in [5, 5.41) is 0. The largest absolute Gasteiger partial charge is 0.497 e. The monoisotopic (exact) mass is 326 g/mol. The molecule has 2 rings (SSSR count). The van der Waals surface area contributed by atoms with Gasteiger partial charge in [0.15, 0.2) is 0 Å². The normalized spacial score (nSPS) is 12.4. The van der Waals surface area contributed by atoms with E-state index in [0.717, 1.165) is 15.1 Å². The quantitative estimate of drug-likeness (QED) is 0.668. The first-order chi connectivity index (χ1) is 8.65. The van der Waals surface area contributed by atoms with Crippen molar-refractivity contribution < 1.29 is 4.74 Å². The van der Waals surface area contributed by atoms with Crippen molar-refractivity contribution in [2.75, 3.05) is 7.11 Å². The zero-order valence-electron chi connectivity index (χ0n) is 10.2. The summed E-state index contributed by atoms with van der Waals surface area (Å²) in [6.45, 7) is 2.07. The Morgan fingerprint density at radius 1 is 1.39 bits per heavy atom. The van der Waals surface area contributed by atoms with Crippen LogP contribution in [0.1, 0.15) is 22.0 Å². The summed E-state index contributed by atoms with van der Waals surface area (Å²) in [4.78, 5) is 1.18. The molecular formula is C13H15BrN2OS. The van der Waals surface area contributed by atoms with Crippen LogP contribution in [-0.2, 0) is 0 Å². The van der Waals surface area contributed by atoms with E-state index in [1.54, 1.807) is 18.4 Å². The van der Waals surface area contributed by atoms with Gasteiger partial charge in [0.2, 0.25) is 0 Å². The van der Waals surface area contributed by atoms with Gasteiger partial charge < -0.3 is 4.74 Å². The number of nitrogens with one attached hydrogen (secondary N) is 1. The Hall–Kier alpha value is -0.880. The molecule has 0 aliphatic heterocycles. The van der Waals surface area contributed by atoms with Crippen LogP contribution in [0.5, 0.6) is 5.75 Å². The summed E-state index contributed by atoms with van der Waals surface area (Å²) >= 11 is 5.23. The lowest BCUT2D eigenvalue weighted by molar-refractivity contribution is 0.413. The molecule has 3 N–H and O–H groups in total. The Bertz CT molecular complexity index is 522. The molecular weight excluding hydrogens is 312 g/mol. The SMILES string of the molecule is COc1cccc(C(NN)c2cc(C)c(Br)s2)c1. The van der Waals surface area contributed by atoms with Gasteiger partial charge in [-0.05, 0) is 52.2 Å². The smallest absolute Gasteiger partial charge is 0.119 e. The molecule has 0 radical (unpaired) electrons. The molecule has 0 saturated carbocycles. The molecule has 3 nitrogen and oxygen atoms in total. The van der Waals surface area contributed by atoms with Crippen molar-refractivity contribution >= 4 is 27.3 Å². The minimum atomic E-state index is -0.0184. The van der Waals surface area contributed by atoms with Crippen molar-refractivity contribution in [2.24, 2.45) is 5.84 Å². The number of methoxy groups -OCH3 is 1. The Morgan fingerprint density at radius 3 is 2.72 bits per heavy atom. The van der Waals surface area contributed by atoms with E-state index in [0.29, 0.717) is 0 Å². The number of hydrogen-bond donors (Lipinski definition) is 2. The fourth-order valence-electron chi connectivity index (χ4n) is 1.79. The maximum absolute atomic E-state index is 5.69. The van der Waals surface area contributed by atoms with Crippen LogP contribution in [0.2, 0.25) is 0 Å². The topological polar surface area (TPSA) is 47.3 Å². The third-order valence-corrected chi connectivity index (χ3v) is 4.96. The first kappa shape index (κ1) is 13.5. The van der Waals surface area contributed by atoms with E-state index in [1.165, 1.54) is 10.4 Å². The third-order valence-electron chi connectivity index (χ3n) is 2.75. The van der Waals surface area contributed by atoms with Gasteiger partial charge in [0.25, 0.3) is 0 Å². The fourth-order valence-corrected chi connectivity index (χ4v) is 3.45. The van der Waals surface area contributed by atoms with Gasteiger partial charge in [-0.25, -0.2) is 5.43 Å². The van der Waals surface area contributed by atoms with Gasteiger partial charge in [-0.15, -0.1) is 11.3 Å². The second-order valence-corrected chi connectivity index (χ2v) is 6.38. The summed E-state index contributed by atoms with van der Waals surface area (Å²) in [5.41, 5.74) is 5.17. The van der Waals surface area contributed by atoms with Crippen molar-refractivity contribution in [1.82, 2.24) is 5.43 Å². The maximum atomic E-state index is 5.69. The Kier molecular flexibility index (Phi) is 4.40. The molecule has 5 heteroatoms. The molecule has 0 fully saturated rings. The first-order valence-corrected chi connectivity index (χ1v) is 7.12. The van der Waals surface area contributed by atoms with Crippen LogP contribution in [0.15, 0.2) is 34.1 Å². The highest BCUT2D eigenvalue weighted by atomic mass is 79.9. The van der Waals surface area contributed by atoms with Crippen LogP contribution >= 0.6 is 27.3 Å². The number of halogens is 1. The fraction of sp³-hybridized carbons (Fsp3) is 0.231. The number of hydrazine groups is 1. The lowest BCUT2D eigenvalue weighted by Gasteiger charge is -2.15. The lowest BCUT2D eigenvalue weighted by Crippen LogP contribution is -2.28. The van der Waals surface area contributed by atoms with Crippen LogP contribution in [0.25, 0.3) is 0 Å². The molecule has 18 heavy (non-hydrogen) atoms. The van der Waals surface area contributed by atoms with E-state index in [-0.39, 0.29) is 6.04 Å².